The lowest BCUT2D eigenvalue weighted by Crippen LogP contribution is -2.55. The van der Waals surface area contributed by atoms with E-state index in [0.717, 1.165) is 38.0 Å². The van der Waals surface area contributed by atoms with Crippen LogP contribution in [0.1, 0.15) is 58.8 Å². The summed E-state index contributed by atoms with van der Waals surface area (Å²) >= 11 is 0. The van der Waals surface area contributed by atoms with Crippen molar-refractivity contribution in [1.82, 2.24) is 0 Å². The average Bonchev–Trinajstić information content (AvgIpc) is 2.57. The van der Waals surface area contributed by atoms with E-state index in [2.05, 4.69) is 14.1 Å². The molecule has 4 heteroatoms. The van der Waals surface area contributed by atoms with Gasteiger partial charge < -0.3 is 0 Å². The summed E-state index contributed by atoms with van der Waals surface area (Å²) in [6.07, 6.45) is 7.40. The van der Waals surface area contributed by atoms with Crippen LogP contribution in [-0.4, -0.2) is 61.1 Å². The van der Waals surface area contributed by atoms with Crippen LogP contribution in [0.4, 0.5) is 0 Å². The Balaban J connectivity index is 1.78. The Morgan fingerprint density at radius 3 is 1.30 bits per heavy atom. The van der Waals surface area contributed by atoms with Gasteiger partial charge in [-0.2, -0.15) is 0 Å². The number of rotatable bonds is 4. The van der Waals surface area contributed by atoms with Crippen molar-refractivity contribution in [3.05, 3.63) is 0 Å². The molecule has 2 amide bonds. The first-order valence-corrected chi connectivity index (χ1v) is 9.59. The fourth-order valence-electron chi connectivity index (χ4n) is 4.59. The first-order valence-electron chi connectivity index (χ1n) is 9.59. The van der Waals surface area contributed by atoms with E-state index in [-0.39, 0.29) is 0 Å². The van der Waals surface area contributed by atoms with Gasteiger partial charge >= 0.3 is 11.8 Å². The maximum Gasteiger partial charge on any atom is 0.313 e. The topological polar surface area (TPSA) is 34.1 Å². The molecule has 2 aliphatic rings. The molecule has 0 aliphatic carbocycles. The lowest BCUT2D eigenvalue weighted by atomic mass is 9.81. The normalized spacial score (nSPS) is 38.3. The highest BCUT2D eigenvalue weighted by atomic mass is 16.2. The zero-order chi connectivity index (χ0) is 17.1. The van der Waals surface area contributed by atoms with E-state index in [1.54, 1.807) is 0 Å². The Hall–Kier alpha value is -0.740. The largest absolute Gasteiger partial charge is 0.313 e. The molecule has 2 fully saturated rings. The van der Waals surface area contributed by atoms with Gasteiger partial charge in [-0.3, -0.25) is 8.97 Å². The Labute approximate surface area is 142 Å². The van der Waals surface area contributed by atoms with Crippen LogP contribution in [0.25, 0.3) is 0 Å². The van der Waals surface area contributed by atoms with Crippen molar-refractivity contribution in [2.45, 2.75) is 58.8 Å². The van der Waals surface area contributed by atoms with Crippen LogP contribution in [0, 0.1) is 11.8 Å². The summed E-state index contributed by atoms with van der Waals surface area (Å²) < 4.78 is 1.30. The lowest BCUT2D eigenvalue weighted by Gasteiger charge is -2.41. The Bertz CT molecular complexity index is 391. The summed E-state index contributed by atoms with van der Waals surface area (Å²) in [7, 11) is 4.23. The van der Waals surface area contributed by atoms with Gasteiger partial charge in [-0.1, -0.05) is 13.8 Å². The molecule has 2 rings (SSSR count). The molecule has 0 saturated carbocycles. The van der Waals surface area contributed by atoms with Crippen LogP contribution in [-0.2, 0) is 9.59 Å². The second-order valence-electron chi connectivity index (χ2n) is 8.30. The van der Waals surface area contributed by atoms with Crippen molar-refractivity contribution in [1.29, 1.82) is 0 Å². The molecule has 0 radical (unpaired) electrons. The molecule has 132 valence electrons. The highest BCUT2D eigenvalue weighted by Crippen LogP contribution is 2.33. The average molecular weight is 325 g/mol. The lowest BCUT2D eigenvalue weighted by molar-refractivity contribution is -0.842. The smallest absolute Gasteiger partial charge is 0.263 e. The Morgan fingerprint density at radius 1 is 0.739 bits per heavy atom. The second kappa shape index (κ2) is 7.43. The number of quaternary nitrogens is 2. The van der Waals surface area contributed by atoms with Crippen molar-refractivity contribution in [2.75, 3.05) is 40.3 Å². The molecule has 0 aromatic rings. The third-order valence-corrected chi connectivity index (χ3v) is 6.60. The molecule has 0 bridgehead atoms. The number of hydrogen-bond acceptors (Lipinski definition) is 2. The molecule has 2 saturated heterocycles. The van der Waals surface area contributed by atoms with Crippen molar-refractivity contribution in [3.8, 4) is 0 Å². The maximum absolute atomic E-state index is 12.1. The van der Waals surface area contributed by atoms with Gasteiger partial charge in [0.15, 0.2) is 0 Å². The number of carbonyl (C=O) groups excluding carboxylic acids is 2. The minimum absolute atomic E-state index is 0.396. The molecule has 0 aromatic heterocycles. The number of piperidine rings is 2. The SMILES string of the molecule is CCC(=O)[N+]1(C)CCC(CC2CC[N+](C)(C(=O)CC)CC2)CC1. The van der Waals surface area contributed by atoms with Crippen LogP contribution in [0.3, 0.4) is 0 Å². The Morgan fingerprint density at radius 2 is 1.04 bits per heavy atom. The first kappa shape index (κ1) is 18.6. The van der Waals surface area contributed by atoms with Crippen LogP contribution < -0.4 is 0 Å². The standard InChI is InChI=1S/C19H36N2O2/c1-5-18(22)20(3)11-7-16(8-12-20)15-17-9-13-21(4,14-10-17)19(23)6-2/h16-17H,5-15H2,1-4H3/q+2. The van der Waals surface area contributed by atoms with E-state index in [1.807, 2.05) is 13.8 Å². The van der Waals surface area contributed by atoms with Crippen LogP contribution in [0.5, 0.6) is 0 Å². The molecular weight excluding hydrogens is 288 g/mol. The van der Waals surface area contributed by atoms with Crippen LogP contribution >= 0.6 is 0 Å². The zero-order valence-electron chi connectivity index (χ0n) is 15.6. The van der Waals surface area contributed by atoms with E-state index >= 15 is 0 Å². The van der Waals surface area contributed by atoms with Gasteiger partial charge in [-0.15, -0.1) is 0 Å². The molecular formula is C19H36N2O2+2. The van der Waals surface area contributed by atoms with Gasteiger partial charge in [0.1, 0.15) is 0 Å². The predicted molar refractivity (Wildman–Crippen MR) is 92.5 cm³/mol. The van der Waals surface area contributed by atoms with Crippen molar-refractivity contribution in [2.24, 2.45) is 11.8 Å². The summed E-state index contributed by atoms with van der Waals surface area (Å²) in [6.45, 7) is 8.04. The van der Waals surface area contributed by atoms with E-state index in [0.29, 0.717) is 33.6 Å². The minimum Gasteiger partial charge on any atom is -0.263 e. The number of amides is 2. The summed E-state index contributed by atoms with van der Waals surface area (Å²) in [6, 6.07) is 0. The number of carbonyl (C=O) groups is 2. The predicted octanol–water partition coefficient (Wildman–Crippen LogP) is 2.96. The first-order chi connectivity index (χ1) is 10.8. The van der Waals surface area contributed by atoms with Gasteiger partial charge in [0.2, 0.25) is 0 Å². The number of nitrogens with zero attached hydrogens (tertiary/aromatic N) is 2. The van der Waals surface area contributed by atoms with E-state index in [1.165, 1.54) is 32.1 Å². The summed E-state index contributed by atoms with van der Waals surface area (Å²) in [5.41, 5.74) is 0. The van der Waals surface area contributed by atoms with E-state index < -0.39 is 0 Å². The van der Waals surface area contributed by atoms with Crippen molar-refractivity contribution in [3.63, 3.8) is 0 Å². The number of hydrogen-bond donors (Lipinski definition) is 0. The molecule has 0 atom stereocenters. The molecule has 23 heavy (non-hydrogen) atoms. The number of likely N-dealkylation sites (tertiary alicyclic amines) is 2. The monoisotopic (exact) mass is 324 g/mol. The molecule has 0 aromatic carbocycles. The van der Waals surface area contributed by atoms with Gasteiger partial charge in [-0.05, 0) is 18.3 Å². The highest BCUT2D eigenvalue weighted by Gasteiger charge is 2.39. The minimum atomic E-state index is 0.396. The molecule has 4 nitrogen and oxygen atoms in total. The quantitative estimate of drug-likeness (QED) is 0.745. The van der Waals surface area contributed by atoms with Gasteiger partial charge in [0.25, 0.3) is 0 Å². The summed E-state index contributed by atoms with van der Waals surface area (Å²) in [5, 5.41) is 0. The fourth-order valence-corrected chi connectivity index (χ4v) is 4.59. The van der Waals surface area contributed by atoms with Crippen LogP contribution in [0.2, 0.25) is 0 Å². The van der Waals surface area contributed by atoms with Crippen molar-refractivity contribution >= 4 is 11.8 Å². The molecule has 2 aliphatic heterocycles. The third-order valence-electron chi connectivity index (χ3n) is 6.60. The third kappa shape index (κ3) is 4.21. The second-order valence-corrected chi connectivity index (χ2v) is 8.30. The van der Waals surface area contributed by atoms with Gasteiger partial charge in [0.05, 0.1) is 53.1 Å². The zero-order valence-corrected chi connectivity index (χ0v) is 15.6. The van der Waals surface area contributed by atoms with Gasteiger partial charge in [-0.25, -0.2) is 9.59 Å². The molecule has 0 N–H and O–H groups in total. The molecule has 0 spiro atoms. The van der Waals surface area contributed by atoms with Gasteiger partial charge in [0, 0.05) is 25.7 Å². The molecule has 2 heterocycles. The van der Waals surface area contributed by atoms with Crippen molar-refractivity contribution < 1.29 is 18.6 Å². The van der Waals surface area contributed by atoms with E-state index in [4.69, 9.17) is 0 Å². The fraction of sp³-hybridized carbons (Fsp3) is 0.895. The van der Waals surface area contributed by atoms with Crippen LogP contribution in [0.15, 0.2) is 0 Å². The summed E-state index contributed by atoms with van der Waals surface area (Å²) in [5.74, 6) is 2.36. The highest BCUT2D eigenvalue weighted by molar-refractivity contribution is 5.68. The molecule has 0 unspecified atom stereocenters. The maximum atomic E-state index is 12.1. The van der Waals surface area contributed by atoms with E-state index in [9.17, 15) is 9.59 Å². The summed E-state index contributed by atoms with van der Waals surface area (Å²) in [4.78, 5) is 24.2. The Kier molecular flexibility index (Phi) is 6.01.